The van der Waals surface area contributed by atoms with Crippen LogP contribution in [0.3, 0.4) is 0 Å². The summed E-state index contributed by atoms with van der Waals surface area (Å²) in [4.78, 5) is 21.9. The minimum Gasteiger partial charge on any atom is -0.481 e. The molecule has 76 valence electrons. The number of carbonyl (C=O) groups is 2. The summed E-state index contributed by atoms with van der Waals surface area (Å²) in [7, 11) is 0. The van der Waals surface area contributed by atoms with Gasteiger partial charge in [0.1, 0.15) is 0 Å². The molecular formula is C10H12O4. The fourth-order valence-electron chi connectivity index (χ4n) is 2.76. The zero-order chi connectivity index (χ0) is 10.3. The van der Waals surface area contributed by atoms with Crippen molar-refractivity contribution in [1.29, 1.82) is 0 Å². The molecule has 0 aliphatic heterocycles. The highest BCUT2D eigenvalue weighted by atomic mass is 16.4. The van der Waals surface area contributed by atoms with Gasteiger partial charge in [-0.25, -0.2) is 0 Å². The minimum atomic E-state index is -0.976. The second-order valence-corrected chi connectivity index (χ2v) is 4.05. The van der Waals surface area contributed by atoms with Crippen LogP contribution in [0.2, 0.25) is 0 Å². The van der Waals surface area contributed by atoms with Gasteiger partial charge >= 0.3 is 11.9 Å². The van der Waals surface area contributed by atoms with Crippen LogP contribution in [0.25, 0.3) is 0 Å². The zero-order valence-corrected chi connectivity index (χ0v) is 7.59. The van der Waals surface area contributed by atoms with Crippen molar-refractivity contribution >= 4 is 11.9 Å². The van der Waals surface area contributed by atoms with Gasteiger partial charge in [0.15, 0.2) is 0 Å². The number of carboxylic acids is 2. The van der Waals surface area contributed by atoms with Gasteiger partial charge in [-0.05, 0) is 24.7 Å². The quantitative estimate of drug-likeness (QED) is 0.646. The average molecular weight is 196 g/mol. The van der Waals surface area contributed by atoms with E-state index in [1.54, 1.807) is 0 Å². The highest BCUT2D eigenvalue weighted by Gasteiger charge is 2.50. The summed E-state index contributed by atoms with van der Waals surface area (Å²) in [6.07, 6.45) is 5.19. The zero-order valence-electron chi connectivity index (χ0n) is 7.59. The van der Waals surface area contributed by atoms with Gasteiger partial charge in [-0.15, -0.1) is 0 Å². The summed E-state index contributed by atoms with van der Waals surface area (Å²) < 4.78 is 0. The lowest BCUT2D eigenvalue weighted by molar-refractivity contribution is -0.154. The largest absolute Gasteiger partial charge is 0.481 e. The molecule has 0 aromatic heterocycles. The third kappa shape index (κ3) is 1.22. The van der Waals surface area contributed by atoms with Crippen molar-refractivity contribution in [3.05, 3.63) is 12.2 Å². The summed E-state index contributed by atoms with van der Waals surface area (Å²) in [5.41, 5.74) is 0. The number of hydrogen-bond donors (Lipinski definition) is 2. The van der Waals surface area contributed by atoms with Crippen molar-refractivity contribution in [1.82, 2.24) is 0 Å². The van der Waals surface area contributed by atoms with Gasteiger partial charge < -0.3 is 10.2 Å². The molecule has 0 heterocycles. The summed E-state index contributed by atoms with van der Waals surface area (Å²) in [5, 5.41) is 18.0. The smallest absolute Gasteiger partial charge is 0.307 e. The molecule has 4 nitrogen and oxygen atoms in total. The lowest BCUT2D eigenvalue weighted by atomic mass is 9.88. The monoisotopic (exact) mass is 196 g/mol. The molecule has 4 unspecified atom stereocenters. The highest BCUT2D eigenvalue weighted by molar-refractivity contribution is 5.81. The van der Waals surface area contributed by atoms with Crippen LogP contribution in [-0.4, -0.2) is 22.2 Å². The molecule has 2 rings (SSSR count). The van der Waals surface area contributed by atoms with E-state index in [0.717, 1.165) is 0 Å². The fourth-order valence-corrected chi connectivity index (χ4v) is 2.76. The van der Waals surface area contributed by atoms with Crippen LogP contribution < -0.4 is 0 Å². The van der Waals surface area contributed by atoms with Crippen LogP contribution in [0.15, 0.2) is 12.2 Å². The van der Waals surface area contributed by atoms with Gasteiger partial charge in [-0.2, -0.15) is 0 Å². The van der Waals surface area contributed by atoms with Crippen LogP contribution in [0.5, 0.6) is 0 Å². The van der Waals surface area contributed by atoms with Crippen LogP contribution in [-0.2, 0) is 9.59 Å². The molecule has 14 heavy (non-hydrogen) atoms. The standard InChI is InChI=1S/C10H12O4/c11-9(12)7-5-2-1-3-6(4-5)8(7)10(13)14/h1-2,5-8H,3-4H2,(H,11,12)(H,13,14). The average Bonchev–Trinajstić information content (AvgIpc) is 2.37. The second-order valence-electron chi connectivity index (χ2n) is 4.05. The Labute approximate surface area is 81.2 Å². The van der Waals surface area contributed by atoms with Crippen LogP contribution >= 0.6 is 0 Å². The number of fused-ring (bicyclic) bond motifs is 2. The SMILES string of the molecule is O=C(O)C1C2C=CCC(C2)C1C(=O)O. The third-order valence-corrected chi connectivity index (χ3v) is 3.32. The topological polar surface area (TPSA) is 74.6 Å². The molecule has 0 saturated heterocycles. The van der Waals surface area contributed by atoms with Crippen molar-refractivity contribution in [3.63, 3.8) is 0 Å². The predicted octanol–water partition coefficient (Wildman–Crippen LogP) is 0.984. The number of carboxylic acid groups (broad SMARTS) is 2. The van der Waals surface area contributed by atoms with E-state index in [1.165, 1.54) is 0 Å². The molecule has 2 aliphatic rings. The molecule has 2 aliphatic carbocycles. The molecule has 0 amide bonds. The van der Waals surface area contributed by atoms with Gasteiger partial charge in [-0.1, -0.05) is 12.2 Å². The van der Waals surface area contributed by atoms with Gasteiger partial charge in [-0.3, -0.25) is 9.59 Å². The number of rotatable bonds is 2. The maximum atomic E-state index is 11.0. The van der Waals surface area contributed by atoms with E-state index in [4.69, 9.17) is 10.2 Å². The lowest BCUT2D eigenvalue weighted by Crippen LogP contribution is -2.30. The van der Waals surface area contributed by atoms with Gasteiger partial charge in [0.05, 0.1) is 11.8 Å². The Kier molecular flexibility index (Phi) is 2.06. The number of aliphatic carboxylic acids is 2. The summed E-state index contributed by atoms with van der Waals surface area (Å²) in [5.74, 6) is -3.43. The van der Waals surface area contributed by atoms with E-state index in [2.05, 4.69) is 0 Å². The Balaban J connectivity index is 2.32. The number of allylic oxidation sites excluding steroid dienone is 2. The van der Waals surface area contributed by atoms with Crippen molar-refractivity contribution < 1.29 is 19.8 Å². The van der Waals surface area contributed by atoms with E-state index >= 15 is 0 Å². The molecule has 0 spiro atoms. The predicted molar refractivity (Wildman–Crippen MR) is 47.6 cm³/mol. The Morgan fingerprint density at radius 2 is 1.79 bits per heavy atom. The summed E-state index contributed by atoms with van der Waals surface area (Å²) in [6, 6.07) is 0. The van der Waals surface area contributed by atoms with E-state index < -0.39 is 23.8 Å². The fraction of sp³-hybridized carbons (Fsp3) is 0.600. The van der Waals surface area contributed by atoms with Crippen molar-refractivity contribution in [2.24, 2.45) is 23.7 Å². The third-order valence-electron chi connectivity index (χ3n) is 3.32. The maximum absolute atomic E-state index is 11.0. The van der Waals surface area contributed by atoms with E-state index in [9.17, 15) is 9.59 Å². The molecule has 4 heteroatoms. The van der Waals surface area contributed by atoms with Gasteiger partial charge in [0.25, 0.3) is 0 Å². The van der Waals surface area contributed by atoms with Crippen molar-refractivity contribution in [2.45, 2.75) is 12.8 Å². The molecule has 1 saturated carbocycles. The molecule has 0 aromatic carbocycles. The molecule has 4 atom stereocenters. The van der Waals surface area contributed by atoms with E-state index in [1.807, 2.05) is 12.2 Å². The Morgan fingerprint density at radius 1 is 1.14 bits per heavy atom. The number of hydrogen-bond acceptors (Lipinski definition) is 2. The highest BCUT2D eigenvalue weighted by Crippen LogP contribution is 2.47. The molecule has 2 bridgehead atoms. The van der Waals surface area contributed by atoms with E-state index in [-0.39, 0.29) is 11.8 Å². The first-order valence-electron chi connectivity index (χ1n) is 4.73. The molecule has 0 radical (unpaired) electrons. The maximum Gasteiger partial charge on any atom is 0.307 e. The first kappa shape index (κ1) is 9.24. The van der Waals surface area contributed by atoms with Crippen LogP contribution in [0.1, 0.15) is 12.8 Å². The van der Waals surface area contributed by atoms with Crippen LogP contribution in [0.4, 0.5) is 0 Å². The molecular weight excluding hydrogens is 184 g/mol. The van der Waals surface area contributed by atoms with Crippen molar-refractivity contribution in [3.8, 4) is 0 Å². The first-order valence-corrected chi connectivity index (χ1v) is 4.73. The minimum absolute atomic E-state index is 0.0172. The molecule has 2 N–H and O–H groups in total. The summed E-state index contributed by atoms with van der Waals surface area (Å²) >= 11 is 0. The summed E-state index contributed by atoms with van der Waals surface area (Å²) in [6.45, 7) is 0. The van der Waals surface area contributed by atoms with E-state index in [0.29, 0.717) is 12.8 Å². The first-order chi connectivity index (χ1) is 6.61. The van der Waals surface area contributed by atoms with Crippen LogP contribution in [0, 0.1) is 23.7 Å². The Hall–Kier alpha value is -1.32. The van der Waals surface area contributed by atoms with Gasteiger partial charge in [0, 0.05) is 0 Å². The lowest BCUT2D eigenvalue weighted by Gasteiger charge is -2.16. The molecule has 1 fully saturated rings. The van der Waals surface area contributed by atoms with Gasteiger partial charge in [0.2, 0.25) is 0 Å². The Bertz CT molecular complexity index is 307. The van der Waals surface area contributed by atoms with Crippen molar-refractivity contribution in [2.75, 3.05) is 0 Å². The second kappa shape index (κ2) is 3.12. The Morgan fingerprint density at radius 3 is 2.36 bits per heavy atom. The normalized spacial score (nSPS) is 39.7. The molecule has 0 aromatic rings.